The third-order valence-electron chi connectivity index (χ3n) is 7.10. The SMILES string of the molecule is COc1ccccc1[C@H]1c2sc3c(c2CCN1C(=O)NC1CCCCC1)CCCC3. The number of hydrogen-bond donors (Lipinski definition) is 1. The van der Waals surface area contributed by atoms with E-state index in [9.17, 15) is 4.79 Å². The molecule has 2 heterocycles. The largest absolute Gasteiger partial charge is 0.496 e. The van der Waals surface area contributed by atoms with E-state index < -0.39 is 0 Å². The summed E-state index contributed by atoms with van der Waals surface area (Å²) >= 11 is 1.95. The van der Waals surface area contributed by atoms with Gasteiger partial charge < -0.3 is 15.0 Å². The minimum absolute atomic E-state index is 0.0518. The first-order valence-corrected chi connectivity index (χ1v) is 12.4. The maximum Gasteiger partial charge on any atom is 0.318 e. The smallest absolute Gasteiger partial charge is 0.318 e. The van der Waals surface area contributed by atoms with E-state index in [1.807, 2.05) is 23.5 Å². The number of benzene rings is 1. The quantitative estimate of drug-likeness (QED) is 0.694. The summed E-state index contributed by atoms with van der Waals surface area (Å²) in [6.07, 6.45) is 11.9. The summed E-state index contributed by atoms with van der Waals surface area (Å²) < 4.78 is 5.74. The minimum atomic E-state index is -0.0518. The first kappa shape index (κ1) is 19.9. The molecule has 5 heteroatoms. The molecule has 0 saturated heterocycles. The third-order valence-corrected chi connectivity index (χ3v) is 8.49. The monoisotopic (exact) mass is 424 g/mol. The molecule has 3 aliphatic rings. The van der Waals surface area contributed by atoms with Gasteiger partial charge >= 0.3 is 6.03 Å². The van der Waals surface area contributed by atoms with Gasteiger partial charge in [0.2, 0.25) is 0 Å². The van der Waals surface area contributed by atoms with Crippen LogP contribution in [-0.4, -0.2) is 30.6 Å². The third kappa shape index (κ3) is 3.62. The molecule has 0 spiro atoms. The zero-order valence-corrected chi connectivity index (χ0v) is 18.7. The summed E-state index contributed by atoms with van der Waals surface area (Å²) in [6.45, 7) is 0.775. The molecular weight excluding hydrogens is 392 g/mol. The van der Waals surface area contributed by atoms with Crippen molar-refractivity contribution in [2.75, 3.05) is 13.7 Å². The van der Waals surface area contributed by atoms with E-state index in [2.05, 4.69) is 22.3 Å². The highest BCUT2D eigenvalue weighted by Crippen LogP contribution is 2.46. The molecule has 1 saturated carbocycles. The zero-order chi connectivity index (χ0) is 20.5. The number of carbonyl (C=O) groups is 1. The molecule has 160 valence electrons. The van der Waals surface area contributed by atoms with E-state index in [1.165, 1.54) is 55.4 Å². The molecule has 0 bridgehead atoms. The zero-order valence-electron chi connectivity index (χ0n) is 17.9. The maximum atomic E-state index is 13.5. The Balaban J connectivity index is 1.53. The molecule has 30 heavy (non-hydrogen) atoms. The van der Waals surface area contributed by atoms with Gasteiger partial charge in [0.05, 0.1) is 13.2 Å². The van der Waals surface area contributed by atoms with Crippen LogP contribution in [0.4, 0.5) is 4.79 Å². The average Bonchev–Trinajstić information content (AvgIpc) is 3.18. The van der Waals surface area contributed by atoms with Gasteiger partial charge in [-0.15, -0.1) is 11.3 Å². The van der Waals surface area contributed by atoms with Crippen LogP contribution in [0, 0.1) is 0 Å². The molecule has 1 aromatic carbocycles. The molecule has 1 fully saturated rings. The number of ether oxygens (including phenoxy) is 1. The highest BCUT2D eigenvalue weighted by Gasteiger charge is 2.38. The predicted molar refractivity (Wildman–Crippen MR) is 122 cm³/mol. The Morgan fingerprint density at radius 2 is 1.83 bits per heavy atom. The number of para-hydroxylation sites is 1. The Morgan fingerprint density at radius 3 is 2.67 bits per heavy atom. The number of nitrogens with one attached hydrogen (secondary N) is 1. The number of carbonyl (C=O) groups excluding carboxylic acids is 1. The topological polar surface area (TPSA) is 41.6 Å². The van der Waals surface area contributed by atoms with Crippen LogP contribution in [-0.2, 0) is 19.3 Å². The van der Waals surface area contributed by atoms with Gasteiger partial charge in [0, 0.05) is 27.9 Å². The lowest BCUT2D eigenvalue weighted by molar-refractivity contribution is 0.173. The number of methoxy groups -OCH3 is 1. The number of nitrogens with zero attached hydrogens (tertiary/aromatic N) is 1. The molecule has 0 radical (unpaired) electrons. The minimum Gasteiger partial charge on any atom is -0.496 e. The molecule has 2 aliphatic carbocycles. The summed E-state index contributed by atoms with van der Waals surface area (Å²) in [5.74, 6) is 0.872. The Bertz CT molecular complexity index is 916. The number of fused-ring (bicyclic) bond motifs is 3. The Kier molecular flexibility index (Phi) is 5.72. The summed E-state index contributed by atoms with van der Waals surface area (Å²) in [6, 6.07) is 8.60. The lowest BCUT2D eigenvalue weighted by Gasteiger charge is -2.38. The predicted octanol–water partition coefficient (Wildman–Crippen LogP) is 5.63. The van der Waals surface area contributed by atoms with Gasteiger partial charge in [0.15, 0.2) is 0 Å². The Hall–Kier alpha value is -2.01. The molecule has 2 aromatic rings. The van der Waals surface area contributed by atoms with Crippen LogP contribution >= 0.6 is 11.3 Å². The van der Waals surface area contributed by atoms with Gasteiger partial charge in [-0.25, -0.2) is 4.79 Å². The first-order chi connectivity index (χ1) is 14.8. The first-order valence-electron chi connectivity index (χ1n) is 11.6. The molecule has 2 amide bonds. The maximum absolute atomic E-state index is 13.5. The van der Waals surface area contributed by atoms with E-state index in [1.54, 1.807) is 17.6 Å². The van der Waals surface area contributed by atoms with Crippen molar-refractivity contribution in [1.29, 1.82) is 0 Å². The van der Waals surface area contributed by atoms with Crippen LogP contribution in [0.2, 0.25) is 0 Å². The van der Waals surface area contributed by atoms with Crippen LogP contribution in [0.25, 0.3) is 0 Å². The molecule has 1 aromatic heterocycles. The summed E-state index contributed by atoms with van der Waals surface area (Å²) in [4.78, 5) is 18.5. The number of rotatable bonds is 3. The highest BCUT2D eigenvalue weighted by atomic mass is 32.1. The number of aryl methyl sites for hydroxylation is 1. The van der Waals surface area contributed by atoms with Crippen molar-refractivity contribution < 1.29 is 9.53 Å². The van der Waals surface area contributed by atoms with Gasteiger partial charge in [0.1, 0.15) is 5.75 Å². The van der Waals surface area contributed by atoms with Crippen molar-refractivity contribution in [3.8, 4) is 5.75 Å². The number of amides is 2. The van der Waals surface area contributed by atoms with E-state index in [0.29, 0.717) is 6.04 Å². The molecular formula is C25H32N2O2S. The Labute approximate surface area is 183 Å². The van der Waals surface area contributed by atoms with Crippen LogP contribution < -0.4 is 10.1 Å². The lowest BCUT2D eigenvalue weighted by atomic mass is 9.88. The summed E-state index contributed by atoms with van der Waals surface area (Å²) in [7, 11) is 1.73. The van der Waals surface area contributed by atoms with Crippen LogP contribution in [0.15, 0.2) is 24.3 Å². The lowest BCUT2D eigenvalue weighted by Crippen LogP contribution is -2.49. The van der Waals surface area contributed by atoms with Crippen molar-refractivity contribution in [2.45, 2.75) is 76.3 Å². The van der Waals surface area contributed by atoms with Crippen molar-refractivity contribution >= 4 is 17.4 Å². The van der Waals surface area contributed by atoms with Gasteiger partial charge in [-0.05, 0) is 62.1 Å². The van der Waals surface area contributed by atoms with E-state index in [-0.39, 0.29) is 12.1 Å². The second-order valence-corrected chi connectivity index (χ2v) is 10.1. The fraction of sp³-hybridized carbons (Fsp3) is 0.560. The van der Waals surface area contributed by atoms with E-state index >= 15 is 0 Å². The molecule has 1 atom stereocenters. The van der Waals surface area contributed by atoms with Gasteiger partial charge in [-0.3, -0.25) is 0 Å². The number of thiophene rings is 1. The molecule has 0 unspecified atom stereocenters. The second-order valence-electron chi connectivity index (χ2n) is 8.93. The van der Waals surface area contributed by atoms with E-state index in [0.717, 1.165) is 37.1 Å². The Morgan fingerprint density at radius 1 is 1.03 bits per heavy atom. The summed E-state index contributed by atoms with van der Waals surface area (Å²) in [5.41, 5.74) is 4.22. The fourth-order valence-corrected chi connectivity index (χ4v) is 7.15. The molecule has 5 rings (SSSR count). The highest BCUT2D eigenvalue weighted by molar-refractivity contribution is 7.12. The molecule has 4 nitrogen and oxygen atoms in total. The van der Waals surface area contributed by atoms with Crippen molar-refractivity contribution in [3.63, 3.8) is 0 Å². The van der Waals surface area contributed by atoms with Crippen LogP contribution in [0.3, 0.4) is 0 Å². The van der Waals surface area contributed by atoms with Crippen LogP contribution in [0.1, 0.15) is 77.4 Å². The van der Waals surface area contributed by atoms with Gasteiger partial charge in [0.25, 0.3) is 0 Å². The van der Waals surface area contributed by atoms with Crippen molar-refractivity contribution in [1.82, 2.24) is 10.2 Å². The van der Waals surface area contributed by atoms with Crippen molar-refractivity contribution in [3.05, 3.63) is 50.7 Å². The number of urea groups is 1. The average molecular weight is 425 g/mol. The molecule has 1 aliphatic heterocycles. The fourth-order valence-electron chi connectivity index (χ4n) is 5.58. The number of hydrogen-bond acceptors (Lipinski definition) is 3. The summed E-state index contributed by atoms with van der Waals surface area (Å²) in [5, 5.41) is 3.37. The van der Waals surface area contributed by atoms with Crippen molar-refractivity contribution in [2.24, 2.45) is 0 Å². The van der Waals surface area contributed by atoms with Gasteiger partial charge in [-0.2, -0.15) is 0 Å². The standard InChI is InChI=1S/C25H32N2O2S/c1-29-21-13-7-5-12-20(21)23-24-19(18-11-6-8-14-22(18)30-24)15-16-27(23)25(28)26-17-9-3-2-4-10-17/h5,7,12-13,17,23H,2-4,6,8-11,14-16H2,1H3,(H,26,28)/t23-/m0/s1. The second kappa shape index (κ2) is 8.62. The normalized spacial score (nSPS) is 21.6. The molecule has 1 N–H and O–H groups in total. The van der Waals surface area contributed by atoms with Gasteiger partial charge in [-0.1, -0.05) is 37.5 Å². The van der Waals surface area contributed by atoms with E-state index in [4.69, 9.17) is 4.74 Å². The van der Waals surface area contributed by atoms with Crippen LogP contribution in [0.5, 0.6) is 5.75 Å².